The van der Waals surface area contributed by atoms with Gasteiger partial charge >= 0.3 is 12.3 Å². The first-order valence-electron chi connectivity index (χ1n) is 10.7. The zero-order chi connectivity index (χ0) is 21.2. The van der Waals surface area contributed by atoms with Crippen molar-refractivity contribution in [2.24, 2.45) is 0 Å². The molecule has 2 fully saturated rings. The van der Waals surface area contributed by atoms with E-state index in [0.717, 1.165) is 49.7 Å². The maximum atomic E-state index is 13.3. The Morgan fingerprint density at radius 2 is 1.52 bits per heavy atom. The summed E-state index contributed by atoms with van der Waals surface area (Å²) in [4.78, 5) is 14.0. The maximum Gasteiger partial charge on any atom is 0.416 e. The van der Waals surface area contributed by atoms with Crippen LogP contribution in [0, 0.1) is 0 Å². The average molecular weight is 412 g/mol. The molecule has 1 amide bonds. The number of halogens is 3. The molecule has 0 N–H and O–H groups in total. The van der Waals surface area contributed by atoms with Crippen molar-refractivity contribution < 1.29 is 22.7 Å². The zero-order valence-electron chi connectivity index (χ0n) is 17.6. The van der Waals surface area contributed by atoms with Crippen molar-refractivity contribution in [3.05, 3.63) is 34.9 Å². The summed E-state index contributed by atoms with van der Waals surface area (Å²) in [6, 6.07) is 4.31. The van der Waals surface area contributed by atoms with Crippen molar-refractivity contribution in [2.45, 2.75) is 89.3 Å². The molecular weight excluding hydrogens is 379 g/mol. The lowest BCUT2D eigenvalue weighted by Gasteiger charge is -2.35. The number of piperidine rings is 1. The van der Waals surface area contributed by atoms with Gasteiger partial charge in [-0.05, 0) is 81.5 Å². The minimum Gasteiger partial charge on any atom is -0.444 e. The number of nitrogens with zero attached hydrogens (tertiary/aromatic N) is 1. The number of hydrogen-bond acceptors (Lipinski definition) is 2. The predicted molar refractivity (Wildman–Crippen MR) is 107 cm³/mol. The van der Waals surface area contributed by atoms with Crippen LogP contribution in [0.3, 0.4) is 0 Å². The molecule has 0 spiro atoms. The smallest absolute Gasteiger partial charge is 0.416 e. The van der Waals surface area contributed by atoms with E-state index in [0.29, 0.717) is 13.1 Å². The molecule has 1 aromatic rings. The number of rotatable bonds is 2. The van der Waals surface area contributed by atoms with Gasteiger partial charge in [0.05, 0.1) is 5.56 Å². The van der Waals surface area contributed by atoms with Gasteiger partial charge in [-0.1, -0.05) is 25.3 Å². The van der Waals surface area contributed by atoms with E-state index in [9.17, 15) is 18.0 Å². The SMILES string of the molecule is CC(C)(C)OC(=O)N1CCC(c2ccc(C(F)(F)F)cc2C2CCCCC2)CC1. The minimum atomic E-state index is -4.32. The van der Waals surface area contributed by atoms with Crippen molar-refractivity contribution >= 4 is 6.09 Å². The molecule has 2 aliphatic rings. The quantitative estimate of drug-likeness (QED) is 0.531. The molecule has 1 saturated heterocycles. The molecule has 3 nitrogen and oxygen atoms in total. The predicted octanol–water partition coefficient (Wildman–Crippen LogP) is 6.87. The molecule has 1 heterocycles. The summed E-state index contributed by atoms with van der Waals surface area (Å²) >= 11 is 0. The van der Waals surface area contributed by atoms with Crippen molar-refractivity contribution in [2.75, 3.05) is 13.1 Å². The first-order valence-corrected chi connectivity index (χ1v) is 10.7. The van der Waals surface area contributed by atoms with E-state index in [2.05, 4.69) is 0 Å². The Hall–Kier alpha value is -1.72. The van der Waals surface area contributed by atoms with Gasteiger partial charge in [-0.2, -0.15) is 13.2 Å². The molecule has 1 aliphatic heterocycles. The number of amides is 1. The van der Waals surface area contributed by atoms with Crippen LogP contribution in [-0.2, 0) is 10.9 Å². The maximum absolute atomic E-state index is 13.3. The monoisotopic (exact) mass is 411 g/mol. The minimum absolute atomic E-state index is 0.188. The largest absolute Gasteiger partial charge is 0.444 e. The third-order valence-electron chi connectivity index (χ3n) is 6.05. The van der Waals surface area contributed by atoms with Crippen LogP contribution in [0.1, 0.15) is 94.2 Å². The summed E-state index contributed by atoms with van der Waals surface area (Å²) in [6.45, 7) is 6.68. The first kappa shape index (κ1) is 22.0. The van der Waals surface area contributed by atoms with Crippen LogP contribution in [0.25, 0.3) is 0 Å². The van der Waals surface area contributed by atoms with Crippen LogP contribution in [-0.4, -0.2) is 29.7 Å². The zero-order valence-corrected chi connectivity index (χ0v) is 17.6. The van der Waals surface area contributed by atoms with Crippen LogP contribution in [0.15, 0.2) is 18.2 Å². The second-order valence-electron chi connectivity index (χ2n) is 9.42. The lowest BCUT2D eigenvalue weighted by molar-refractivity contribution is -0.137. The molecule has 3 rings (SSSR count). The molecule has 0 atom stereocenters. The molecular formula is C23H32F3NO2. The van der Waals surface area contributed by atoms with E-state index in [1.165, 1.54) is 18.6 Å². The topological polar surface area (TPSA) is 29.5 Å². The number of likely N-dealkylation sites (tertiary alicyclic amines) is 1. The summed E-state index contributed by atoms with van der Waals surface area (Å²) < 4.78 is 45.4. The van der Waals surface area contributed by atoms with Crippen molar-refractivity contribution in [1.29, 1.82) is 0 Å². The highest BCUT2D eigenvalue weighted by Gasteiger charge is 2.34. The normalized spacial score (nSPS) is 20.0. The van der Waals surface area contributed by atoms with Crippen LogP contribution in [0.5, 0.6) is 0 Å². The Balaban J connectivity index is 1.77. The Bertz CT molecular complexity index is 710. The molecule has 0 radical (unpaired) electrons. The second-order valence-corrected chi connectivity index (χ2v) is 9.42. The van der Waals surface area contributed by atoms with E-state index >= 15 is 0 Å². The lowest BCUT2D eigenvalue weighted by atomic mass is 9.77. The summed E-state index contributed by atoms with van der Waals surface area (Å²) in [5.41, 5.74) is 0.854. The Labute approximate surface area is 171 Å². The second kappa shape index (κ2) is 8.57. The third-order valence-corrected chi connectivity index (χ3v) is 6.05. The fourth-order valence-electron chi connectivity index (χ4n) is 4.59. The van der Waals surface area contributed by atoms with Crippen molar-refractivity contribution in [3.63, 3.8) is 0 Å². The Morgan fingerprint density at radius 3 is 2.07 bits per heavy atom. The number of benzene rings is 1. The number of ether oxygens (including phenoxy) is 1. The molecule has 1 aromatic carbocycles. The number of carbonyl (C=O) groups excluding carboxylic acids is 1. The third kappa shape index (κ3) is 5.67. The van der Waals surface area contributed by atoms with E-state index < -0.39 is 17.3 Å². The highest BCUT2D eigenvalue weighted by molar-refractivity contribution is 5.68. The number of alkyl halides is 3. The van der Waals surface area contributed by atoms with Gasteiger partial charge in [0.25, 0.3) is 0 Å². The van der Waals surface area contributed by atoms with Gasteiger partial charge in [0.1, 0.15) is 5.60 Å². The van der Waals surface area contributed by atoms with Gasteiger partial charge in [-0.3, -0.25) is 0 Å². The highest BCUT2D eigenvalue weighted by atomic mass is 19.4. The molecule has 0 bridgehead atoms. The lowest BCUT2D eigenvalue weighted by Crippen LogP contribution is -2.41. The first-order chi connectivity index (χ1) is 13.5. The van der Waals surface area contributed by atoms with E-state index in [1.807, 2.05) is 20.8 Å². The van der Waals surface area contributed by atoms with Gasteiger partial charge in [0, 0.05) is 13.1 Å². The van der Waals surface area contributed by atoms with E-state index in [1.54, 1.807) is 11.0 Å². The molecule has 29 heavy (non-hydrogen) atoms. The van der Waals surface area contributed by atoms with Gasteiger partial charge in [-0.25, -0.2) is 4.79 Å². The molecule has 0 unspecified atom stereocenters. The average Bonchev–Trinajstić information content (AvgIpc) is 2.66. The summed E-state index contributed by atoms with van der Waals surface area (Å²) in [6.07, 6.45) is 2.14. The van der Waals surface area contributed by atoms with Gasteiger partial charge in [0.15, 0.2) is 0 Å². The molecule has 6 heteroatoms. The fraction of sp³-hybridized carbons (Fsp3) is 0.696. The van der Waals surface area contributed by atoms with E-state index in [-0.39, 0.29) is 17.9 Å². The summed E-state index contributed by atoms with van der Waals surface area (Å²) in [5, 5.41) is 0. The van der Waals surface area contributed by atoms with Crippen molar-refractivity contribution in [1.82, 2.24) is 4.90 Å². The molecule has 1 aliphatic carbocycles. The summed E-state index contributed by atoms with van der Waals surface area (Å²) in [5.74, 6) is 0.401. The fourth-order valence-corrected chi connectivity index (χ4v) is 4.59. The molecule has 162 valence electrons. The van der Waals surface area contributed by atoms with Gasteiger partial charge in [0.2, 0.25) is 0 Å². The Morgan fingerprint density at radius 1 is 0.931 bits per heavy atom. The molecule has 1 saturated carbocycles. The molecule has 0 aromatic heterocycles. The standard InChI is InChI=1S/C23H32F3NO2/c1-22(2,3)29-21(28)27-13-11-17(12-14-27)19-10-9-18(23(24,25)26)15-20(19)16-7-5-4-6-8-16/h9-10,15-17H,4-8,11-14H2,1-3H3. The summed E-state index contributed by atoms with van der Waals surface area (Å²) in [7, 11) is 0. The van der Waals surface area contributed by atoms with Crippen LogP contribution >= 0.6 is 0 Å². The van der Waals surface area contributed by atoms with Crippen molar-refractivity contribution in [3.8, 4) is 0 Å². The van der Waals surface area contributed by atoms with Gasteiger partial charge < -0.3 is 9.64 Å². The number of hydrogen-bond donors (Lipinski definition) is 0. The van der Waals surface area contributed by atoms with Crippen LogP contribution in [0.4, 0.5) is 18.0 Å². The van der Waals surface area contributed by atoms with Crippen LogP contribution in [0.2, 0.25) is 0 Å². The highest BCUT2D eigenvalue weighted by Crippen LogP contribution is 2.42. The van der Waals surface area contributed by atoms with E-state index in [4.69, 9.17) is 4.74 Å². The number of carbonyl (C=O) groups is 1. The van der Waals surface area contributed by atoms with Crippen LogP contribution < -0.4 is 0 Å². The Kier molecular flexibility index (Phi) is 6.49. The van der Waals surface area contributed by atoms with Gasteiger partial charge in [-0.15, -0.1) is 0 Å².